The maximum absolute atomic E-state index is 12.0. The van der Waals surface area contributed by atoms with Crippen molar-refractivity contribution in [3.8, 4) is 0 Å². The number of amides is 1. The molecule has 0 fully saturated rings. The minimum Gasteiger partial charge on any atom is -0.360 e. The number of hydrogen-bond acceptors (Lipinski definition) is 5. The molecule has 1 amide bonds. The fourth-order valence-corrected chi connectivity index (χ4v) is 2.22. The fraction of sp³-hybridized carbons (Fsp3) is 0.167. The van der Waals surface area contributed by atoms with Crippen molar-refractivity contribution in [3.05, 3.63) is 66.1 Å². The van der Waals surface area contributed by atoms with Crippen LogP contribution in [0.1, 0.15) is 17.7 Å². The molecule has 0 aliphatic rings. The summed E-state index contributed by atoms with van der Waals surface area (Å²) in [5, 5.41) is 9.72. The van der Waals surface area contributed by atoms with Crippen molar-refractivity contribution in [1.29, 1.82) is 0 Å². The van der Waals surface area contributed by atoms with E-state index in [0.29, 0.717) is 24.5 Å². The quantitative estimate of drug-likeness (QED) is 0.723. The van der Waals surface area contributed by atoms with Gasteiger partial charge in [-0.15, -0.1) is 0 Å². The summed E-state index contributed by atoms with van der Waals surface area (Å²) < 4.78 is 4.99. The summed E-state index contributed by atoms with van der Waals surface area (Å²) in [5.74, 6) is 1.82. The largest absolute Gasteiger partial charge is 0.360 e. The predicted molar refractivity (Wildman–Crippen MR) is 92.2 cm³/mol. The molecular weight excluding hydrogens is 304 g/mol. The van der Waals surface area contributed by atoms with Crippen LogP contribution in [-0.2, 0) is 11.2 Å². The third-order valence-electron chi connectivity index (χ3n) is 3.41. The third kappa shape index (κ3) is 4.42. The Morgan fingerprint density at radius 2 is 1.96 bits per heavy atom. The molecule has 0 aliphatic carbocycles. The van der Waals surface area contributed by atoms with Gasteiger partial charge in [-0.1, -0.05) is 35.5 Å². The van der Waals surface area contributed by atoms with E-state index >= 15 is 0 Å². The van der Waals surface area contributed by atoms with Crippen LogP contribution in [0.5, 0.6) is 0 Å². The molecule has 24 heavy (non-hydrogen) atoms. The molecule has 0 saturated heterocycles. The van der Waals surface area contributed by atoms with Crippen molar-refractivity contribution < 1.29 is 9.32 Å². The predicted octanol–water partition coefficient (Wildman–Crippen LogP) is 3.69. The molecule has 122 valence electrons. The molecule has 3 rings (SSSR count). The standard InChI is InChI=1S/C18H18N4O2/c1-13-11-17(22-24-13)20-15-8-9-16(19-12-15)21-18(23)10-7-14-5-3-2-4-6-14/h2-6,8-9,11-12H,7,10H2,1H3,(H,20,22)(H,19,21,23). The molecular formula is C18H18N4O2. The molecule has 2 heterocycles. The summed E-state index contributed by atoms with van der Waals surface area (Å²) in [6.45, 7) is 1.82. The molecule has 6 nitrogen and oxygen atoms in total. The molecule has 0 spiro atoms. The molecule has 3 aromatic rings. The monoisotopic (exact) mass is 322 g/mol. The first kappa shape index (κ1) is 15.7. The van der Waals surface area contributed by atoms with Crippen molar-refractivity contribution in [1.82, 2.24) is 10.1 Å². The summed E-state index contributed by atoms with van der Waals surface area (Å²) >= 11 is 0. The van der Waals surface area contributed by atoms with E-state index in [1.165, 1.54) is 0 Å². The zero-order valence-corrected chi connectivity index (χ0v) is 13.3. The first-order valence-electron chi connectivity index (χ1n) is 7.69. The molecule has 2 N–H and O–H groups in total. The highest BCUT2D eigenvalue weighted by Gasteiger charge is 2.05. The van der Waals surface area contributed by atoms with Gasteiger partial charge in [0.1, 0.15) is 11.6 Å². The number of carbonyl (C=O) groups excluding carboxylic acids is 1. The SMILES string of the molecule is Cc1cc(Nc2ccc(NC(=O)CCc3ccccc3)nc2)no1. The number of aromatic nitrogens is 2. The van der Waals surface area contributed by atoms with Crippen molar-refractivity contribution >= 4 is 23.2 Å². The summed E-state index contributed by atoms with van der Waals surface area (Å²) in [4.78, 5) is 16.2. The maximum atomic E-state index is 12.0. The van der Waals surface area contributed by atoms with Gasteiger partial charge in [0.2, 0.25) is 5.91 Å². The van der Waals surface area contributed by atoms with Gasteiger partial charge in [0, 0.05) is 12.5 Å². The van der Waals surface area contributed by atoms with Crippen LogP contribution >= 0.6 is 0 Å². The Kier molecular flexibility index (Phi) is 4.86. The topological polar surface area (TPSA) is 80.0 Å². The van der Waals surface area contributed by atoms with Crippen LogP contribution in [0.2, 0.25) is 0 Å². The van der Waals surface area contributed by atoms with Gasteiger partial charge in [0.25, 0.3) is 0 Å². The lowest BCUT2D eigenvalue weighted by Crippen LogP contribution is -2.13. The Bertz CT molecular complexity index is 797. The van der Waals surface area contributed by atoms with Crippen LogP contribution in [0.25, 0.3) is 0 Å². The van der Waals surface area contributed by atoms with Crippen molar-refractivity contribution in [3.63, 3.8) is 0 Å². The van der Waals surface area contributed by atoms with Crippen LogP contribution < -0.4 is 10.6 Å². The average Bonchev–Trinajstić information content (AvgIpc) is 3.01. The third-order valence-corrected chi connectivity index (χ3v) is 3.41. The molecule has 1 aromatic carbocycles. The van der Waals surface area contributed by atoms with Gasteiger partial charge in [-0.3, -0.25) is 4.79 Å². The van der Waals surface area contributed by atoms with Crippen molar-refractivity contribution in [2.24, 2.45) is 0 Å². The Balaban J connectivity index is 1.51. The summed E-state index contributed by atoms with van der Waals surface area (Å²) in [6, 6.07) is 15.3. The molecule has 2 aromatic heterocycles. The normalized spacial score (nSPS) is 10.4. The lowest BCUT2D eigenvalue weighted by Gasteiger charge is -2.06. The van der Waals surface area contributed by atoms with Crippen LogP contribution in [0.4, 0.5) is 17.3 Å². The van der Waals surface area contributed by atoms with Gasteiger partial charge < -0.3 is 15.2 Å². The van der Waals surface area contributed by atoms with Crippen molar-refractivity contribution in [2.75, 3.05) is 10.6 Å². The van der Waals surface area contributed by atoms with E-state index in [-0.39, 0.29) is 5.91 Å². The molecule has 0 radical (unpaired) electrons. The number of aryl methyl sites for hydroxylation is 2. The summed E-state index contributed by atoms with van der Waals surface area (Å²) in [6.07, 6.45) is 2.76. The lowest BCUT2D eigenvalue weighted by atomic mass is 10.1. The number of rotatable bonds is 6. The number of nitrogens with one attached hydrogen (secondary N) is 2. The van der Waals surface area contributed by atoms with Crippen LogP contribution in [-0.4, -0.2) is 16.0 Å². The van der Waals surface area contributed by atoms with E-state index in [2.05, 4.69) is 20.8 Å². The zero-order chi connectivity index (χ0) is 16.8. The average molecular weight is 322 g/mol. The Labute approximate surface area is 139 Å². The Morgan fingerprint density at radius 3 is 2.62 bits per heavy atom. The van der Waals surface area contributed by atoms with Gasteiger partial charge >= 0.3 is 0 Å². The number of benzene rings is 1. The van der Waals surface area contributed by atoms with E-state index in [9.17, 15) is 4.79 Å². The molecule has 6 heteroatoms. The number of anilines is 3. The molecule has 0 bridgehead atoms. The Morgan fingerprint density at radius 1 is 1.12 bits per heavy atom. The lowest BCUT2D eigenvalue weighted by molar-refractivity contribution is -0.116. The zero-order valence-electron chi connectivity index (χ0n) is 13.3. The highest BCUT2D eigenvalue weighted by Crippen LogP contribution is 2.16. The molecule has 0 atom stereocenters. The minimum atomic E-state index is -0.0563. The first-order chi connectivity index (χ1) is 11.7. The number of pyridine rings is 1. The van der Waals surface area contributed by atoms with E-state index in [1.807, 2.05) is 43.3 Å². The number of carbonyl (C=O) groups is 1. The number of nitrogens with zero attached hydrogens (tertiary/aromatic N) is 2. The van der Waals surface area contributed by atoms with E-state index in [0.717, 1.165) is 17.0 Å². The van der Waals surface area contributed by atoms with E-state index < -0.39 is 0 Å². The van der Waals surface area contributed by atoms with Crippen LogP contribution in [0.3, 0.4) is 0 Å². The highest BCUT2D eigenvalue weighted by atomic mass is 16.5. The smallest absolute Gasteiger partial charge is 0.225 e. The second kappa shape index (κ2) is 7.41. The van der Waals surface area contributed by atoms with Gasteiger partial charge in [-0.25, -0.2) is 4.98 Å². The van der Waals surface area contributed by atoms with Gasteiger partial charge in [0.05, 0.1) is 11.9 Å². The maximum Gasteiger partial charge on any atom is 0.225 e. The fourth-order valence-electron chi connectivity index (χ4n) is 2.22. The second-order valence-corrected chi connectivity index (χ2v) is 5.41. The van der Waals surface area contributed by atoms with E-state index in [4.69, 9.17) is 4.52 Å². The van der Waals surface area contributed by atoms with Crippen LogP contribution in [0.15, 0.2) is 59.3 Å². The molecule has 0 unspecified atom stereocenters. The van der Waals surface area contributed by atoms with Crippen LogP contribution in [0, 0.1) is 6.92 Å². The molecule has 0 aliphatic heterocycles. The highest BCUT2D eigenvalue weighted by molar-refractivity contribution is 5.90. The second-order valence-electron chi connectivity index (χ2n) is 5.41. The summed E-state index contributed by atoms with van der Waals surface area (Å²) in [5.41, 5.74) is 1.91. The van der Waals surface area contributed by atoms with Gasteiger partial charge in [-0.05, 0) is 31.0 Å². The van der Waals surface area contributed by atoms with Crippen molar-refractivity contribution in [2.45, 2.75) is 19.8 Å². The number of hydrogen-bond donors (Lipinski definition) is 2. The first-order valence-corrected chi connectivity index (χ1v) is 7.69. The minimum absolute atomic E-state index is 0.0563. The Hall–Kier alpha value is -3.15. The summed E-state index contributed by atoms with van der Waals surface area (Å²) in [7, 11) is 0. The van der Waals surface area contributed by atoms with E-state index in [1.54, 1.807) is 18.3 Å². The van der Waals surface area contributed by atoms with Gasteiger partial charge in [0.15, 0.2) is 5.82 Å². The molecule has 0 saturated carbocycles. The van der Waals surface area contributed by atoms with Gasteiger partial charge in [-0.2, -0.15) is 0 Å².